The van der Waals surface area contributed by atoms with Crippen LogP contribution in [0.15, 0.2) is 18.2 Å². The van der Waals surface area contributed by atoms with Gasteiger partial charge in [-0.2, -0.15) is 0 Å². The third-order valence-electron chi connectivity index (χ3n) is 1.87. The molecule has 0 radical (unpaired) electrons. The molecule has 3 N–H and O–H groups in total. The molecule has 0 bridgehead atoms. The molecule has 0 saturated carbocycles. The number of hydrogen-bond donors (Lipinski definition) is 3. The molecule has 96 valence electrons. The lowest BCUT2D eigenvalue weighted by Gasteiger charge is -2.06. The van der Waals surface area contributed by atoms with Crippen LogP contribution in [0.4, 0.5) is 4.39 Å². The topological polar surface area (TPSA) is 105 Å². The van der Waals surface area contributed by atoms with Gasteiger partial charge in [0.05, 0.1) is 7.11 Å². The standard InChI is InChI=1S/C10H9FN2O5/c1-18-10(17)9(16)13-12-8(15)5-2-3-6(11)7(14)4-5/h2-4,14H,1H3,(H,12,15)(H,13,16). The van der Waals surface area contributed by atoms with Crippen molar-refractivity contribution in [3.8, 4) is 5.75 Å². The Hall–Kier alpha value is -2.64. The summed E-state index contributed by atoms with van der Waals surface area (Å²) in [4.78, 5) is 33.0. The third kappa shape index (κ3) is 3.17. The van der Waals surface area contributed by atoms with E-state index in [1.165, 1.54) is 0 Å². The predicted molar refractivity (Wildman–Crippen MR) is 55.7 cm³/mol. The number of hydrogen-bond acceptors (Lipinski definition) is 5. The number of carbonyl (C=O) groups is 3. The maximum atomic E-state index is 12.7. The van der Waals surface area contributed by atoms with E-state index in [1.54, 1.807) is 5.43 Å². The van der Waals surface area contributed by atoms with Gasteiger partial charge in [0.2, 0.25) is 0 Å². The highest BCUT2D eigenvalue weighted by Gasteiger charge is 2.15. The molecule has 0 fully saturated rings. The number of amides is 2. The lowest BCUT2D eigenvalue weighted by Crippen LogP contribution is -2.45. The Kier molecular flexibility index (Phi) is 4.19. The number of esters is 1. The summed E-state index contributed by atoms with van der Waals surface area (Å²) in [6.45, 7) is 0. The van der Waals surface area contributed by atoms with E-state index in [-0.39, 0.29) is 5.56 Å². The van der Waals surface area contributed by atoms with Crippen LogP contribution in [0.5, 0.6) is 5.75 Å². The summed E-state index contributed by atoms with van der Waals surface area (Å²) < 4.78 is 16.8. The van der Waals surface area contributed by atoms with Crippen molar-refractivity contribution >= 4 is 17.8 Å². The molecule has 0 spiro atoms. The van der Waals surface area contributed by atoms with Gasteiger partial charge in [0.1, 0.15) is 0 Å². The fraction of sp³-hybridized carbons (Fsp3) is 0.100. The van der Waals surface area contributed by atoms with Crippen LogP contribution >= 0.6 is 0 Å². The summed E-state index contributed by atoms with van der Waals surface area (Å²) in [6.07, 6.45) is 0. The SMILES string of the molecule is COC(=O)C(=O)NNC(=O)c1ccc(F)c(O)c1. The summed E-state index contributed by atoms with van der Waals surface area (Å²) in [5.74, 6) is -4.77. The minimum absolute atomic E-state index is 0.0981. The molecule has 0 atom stereocenters. The van der Waals surface area contributed by atoms with Gasteiger partial charge in [-0.15, -0.1) is 0 Å². The van der Waals surface area contributed by atoms with Crippen molar-refractivity contribution in [2.75, 3.05) is 7.11 Å². The Labute approximate surface area is 101 Å². The zero-order valence-corrected chi connectivity index (χ0v) is 9.19. The molecule has 8 heteroatoms. The van der Waals surface area contributed by atoms with Crippen LogP contribution in [0.1, 0.15) is 10.4 Å². The van der Waals surface area contributed by atoms with E-state index in [9.17, 15) is 18.8 Å². The van der Waals surface area contributed by atoms with Crippen molar-refractivity contribution in [1.82, 2.24) is 10.9 Å². The minimum Gasteiger partial charge on any atom is -0.505 e. The zero-order chi connectivity index (χ0) is 13.7. The Morgan fingerprint density at radius 2 is 1.94 bits per heavy atom. The fourth-order valence-electron chi connectivity index (χ4n) is 0.983. The summed E-state index contributed by atoms with van der Waals surface area (Å²) in [6, 6.07) is 2.84. The van der Waals surface area contributed by atoms with Gasteiger partial charge in [-0.25, -0.2) is 9.18 Å². The molecule has 0 saturated heterocycles. The van der Waals surface area contributed by atoms with E-state index >= 15 is 0 Å². The molecule has 1 rings (SSSR count). The number of benzene rings is 1. The van der Waals surface area contributed by atoms with Crippen LogP contribution in [0.25, 0.3) is 0 Å². The number of phenols is 1. The normalized spacial score (nSPS) is 9.44. The molecular weight excluding hydrogens is 247 g/mol. The molecular formula is C10H9FN2O5. The number of nitrogens with one attached hydrogen (secondary N) is 2. The highest BCUT2D eigenvalue weighted by atomic mass is 19.1. The first-order valence-corrected chi connectivity index (χ1v) is 4.63. The van der Waals surface area contributed by atoms with E-state index < -0.39 is 29.4 Å². The van der Waals surface area contributed by atoms with Crippen LogP contribution in [0, 0.1) is 5.82 Å². The maximum Gasteiger partial charge on any atom is 0.398 e. The second-order valence-corrected chi connectivity index (χ2v) is 3.07. The molecule has 2 amide bonds. The number of phenolic OH excluding ortho intramolecular Hbond substituents is 1. The monoisotopic (exact) mass is 256 g/mol. The fourth-order valence-corrected chi connectivity index (χ4v) is 0.983. The van der Waals surface area contributed by atoms with Crippen molar-refractivity contribution in [2.45, 2.75) is 0 Å². The number of aromatic hydroxyl groups is 1. The number of methoxy groups -OCH3 is 1. The lowest BCUT2D eigenvalue weighted by atomic mass is 10.2. The molecule has 0 aliphatic carbocycles. The molecule has 1 aromatic carbocycles. The van der Waals surface area contributed by atoms with Crippen molar-refractivity contribution in [3.63, 3.8) is 0 Å². The smallest absolute Gasteiger partial charge is 0.398 e. The zero-order valence-electron chi connectivity index (χ0n) is 9.19. The second-order valence-electron chi connectivity index (χ2n) is 3.07. The van der Waals surface area contributed by atoms with Gasteiger partial charge in [-0.05, 0) is 18.2 Å². The van der Waals surface area contributed by atoms with Gasteiger partial charge in [0.15, 0.2) is 11.6 Å². The van der Waals surface area contributed by atoms with Crippen LogP contribution in [-0.4, -0.2) is 30.0 Å². The summed E-state index contributed by atoms with van der Waals surface area (Å²) in [5, 5.41) is 9.04. The van der Waals surface area contributed by atoms with E-state index in [2.05, 4.69) is 4.74 Å². The van der Waals surface area contributed by atoms with Gasteiger partial charge in [-0.1, -0.05) is 0 Å². The van der Waals surface area contributed by atoms with Gasteiger partial charge in [-0.3, -0.25) is 20.4 Å². The Bertz CT molecular complexity index is 503. The molecule has 0 unspecified atom stereocenters. The van der Waals surface area contributed by atoms with Crippen molar-refractivity contribution in [1.29, 1.82) is 0 Å². The first-order chi connectivity index (χ1) is 8.45. The number of ether oxygens (including phenoxy) is 1. The molecule has 1 aromatic rings. The highest BCUT2D eigenvalue weighted by molar-refractivity contribution is 6.32. The molecule has 18 heavy (non-hydrogen) atoms. The maximum absolute atomic E-state index is 12.7. The summed E-state index contributed by atoms with van der Waals surface area (Å²) >= 11 is 0. The van der Waals surface area contributed by atoms with E-state index in [0.29, 0.717) is 0 Å². The van der Waals surface area contributed by atoms with Gasteiger partial charge in [0, 0.05) is 5.56 Å². The number of halogens is 1. The molecule has 0 aliphatic rings. The molecule has 0 aromatic heterocycles. The third-order valence-corrected chi connectivity index (χ3v) is 1.87. The van der Waals surface area contributed by atoms with Crippen molar-refractivity contribution in [2.24, 2.45) is 0 Å². The van der Waals surface area contributed by atoms with E-state index in [4.69, 9.17) is 5.11 Å². The van der Waals surface area contributed by atoms with Crippen LogP contribution in [-0.2, 0) is 14.3 Å². The average Bonchev–Trinajstić information content (AvgIpc) is 2.37. The largest absolute Gasteiger partial charge is 0.505 e. The minimum atomic E-state index is -1.18. The highest BCUT2D eigenvalue weighted by Crippen LogP contribution is 2.16. The first-order valence-electron chi connectivity index (χ1n) is 4.63. The molecule has 7 nitrogen and oxygen atoms in total. The average molecular weight is 256 g/mol. The number of hydrazine groups is 1. The van der Waals surface area contributed by atoms with Gasteiger partial charge >= 0.3 is 11.9 Å². The van der Waals surface area contributed by atoms with Crippen LogP contribution in [0.3, 0.4) is 0 Å². The van der Waals surface area contributed by atoms with E-state index in [0.717, 1.165) is 25.3 Å². The Morgan fingerprint density at radius 3 is 2.50 bits per heavy atom. The van der Waals surface area contributed by atoms with Crippen molar-refractivity contribution in [3.05, 3.63) is 29.6 Å². The summed E-state index contributed by atoms with van der Waals surface area (Å²) in [7, 11) is 1.00. The molecule has 0 aliphatic heterocycles. The van der Waals surface area contributed by atoms with Crippen molar-refractivity contribution < 1.29 is 28.6 Å². The lowest BCUT2D eigenvalue weighted by molar-refractivity contribution is -0.153. The second kappa shape index (κ2) is 5.62. The van der Waals surface area contributed by atoms with Gasteiger partial charge < -0.3 is 9.84 Å². The Morgan fingerprint density at radius 1 is 1.28 bits per heavy atom. The Balaban J connectivity index is 2.63. The summed E-state index contributed by atoms with van der Waals surface area (Å²) in [5.41, 5.74) is 3.57. The van der Waals surface area contributed by atoms with Crippen LogP contribution < -0.4 is 10.9 Å². The van der Waals surface area contributed by atoms with Crippen LogP contribution in [0.2, 0.25) is 0 Å². The molecule has 0 heterocycles. The number of rotatable bonds is 1. The number of carbonyl (C=O) groups excluding carboxylic acids is 3. The predicted octanol–water partition coefficient (Wildman–Crippen LogP) is -0.535. The van der Waals surface area contributed by atoms with Gasteiger partial charge in [0.25, 0.3) is 5.91 Å². The first kappa shape index (κ1) is 13.4. The quantitative estimate of drug-likeness (QED) is 0.356. The van der Waals surface area contributed by atoms with E-state index in [1.807, 2.05) is 5.43 Å².